The van der Waals surface area contributed by atoms with Crippen molar-refractivity contribution >= 4 is 35.5 Å². The van der Waals surface area contributed by atoms with Crippen LogP contribution in [-0.4, -0.2) is 96.4 Å². The fourth-order valence-corrected chi connectivity index (χ4v) is 4.55. The van der Waals surface area contributed by atoms with Gasteiger partial charge in [0.05, 0.1) is 18.7 Å². The smallest absolute Gasteiger partial charge is 0.326 e. The first-order valence-electron chi connectivity index (χ1n) is 11.6. The van der Waals surface area contributed by atoms with Gasteiger partial charge in [0.1, 0.15) is 18.1 Å². The number of imidazole rings is 2. The monoisotopic (exact) mass is 520 g/mol. The predicted molar refractivity (Wildman–Crippen MR) is 132 cm³/mol. The maximum atomic E-state index is 13.3. The van der Waals surface area contributed by atoms with Crippen LogP contribution in [0.15, 0.2) is 25.0 Å². The van der Waals surface area contributed by atoms with Crippen molar-refractivity contribution in [2.45, 2.75) is 56.3 Å². The lowest BCUT2D eigenvalue weighted by Gasteiger charge is -2.29. The van der Waals surface area contributed by atoms with E-state index >= 15 is 0 Å². The number of aromatic amines is 2. The minimum Gasteiger partial charge on any atom is -0.480 e. The topological polar surface area (TPSA) is 199 Å². The van der Waals surface area contributed by atoms with E-state index in [9.17, 15) is 24.3 Å². The third-order valence-corrected chi connectivity index (χ3v) is 6.63. The van der Waals surface area contributed by atoms with Gasteiger partial charge in [-0.2, -0.15) is 11.8 Å². The summed E-state index contributed by atoms with van der Waals surface area (Å²) < 4.78 is 0. The largest absolute Gasteiger partial charge is 0.480 e. The molecule has 0 bridgehead atoms. The maximum absolute atomic E-state index is 13.3. The molecule has 4 unspecified atom stereocenters. The van der Waals surface area contributed by atoms with Gasteiger partial charge in [0.2, 0.25) is 17.7 Å². The Balaban J connectivity index is 1.73. The first-order chi connectivity index (χ1) is 17.3. The van der Waals surface area contributed by atoms with Crippen LogP contribution in [0.25, 0.3) is 0 Å². The number of rotatable bonds is 13. The zero-order chi connectivity index (χ0) is 26.1. The van der Waals surface area contributed by atoms with Crippen molar-refractivity contribution in [2.75, 3.05) is 18.6 Å². The molecule has 7 N–H and O–H groups in total. The van der Waals surface area contributed by atoms with Crippen molar-refractivity contribution in [3.8, 4) is 0 Å². The molecular formula is C22H32N8O5S. The Morgan fingerprint density at radius 1 is 1.11 bits per heavy atom. The van der Waals surface area contributed by atoms with E-state index in [2.05, 4.69) is 30.6 Å². The molecular weight excluding hydrogens is 488 g/mol. The van der Waals surface area contributed by atoms with E-state index in [1.165, 1.54) is 35.5 Å². The van der Waals surface area contributed by atoms with E-state index in [1.807, 2.05) is 6.26 Å². The number of carbonyl (C=O) groups is 4. The molecule has 1 aliphatic heterocycles. The highest BCUT2D eigenvalue weighted by Gasteiger charge is 2.38. The fourth-order valence-electron chi connectivity index (χ4n) is 4.08. The number of carboxylic acids is 1. The molecule has 0 saturated carbocycles. The lowest BCUT2D eigenvalue weighted by atomic mass is 10.1. The summed E-state index contributed by atoms with van der Waals surface area (Å²) in [6, 6.07) is -3.81. The second-order valence-corrected chi connectivity index (χ2v) is 9.59. The lowest BCUT2D eigenvalue weighted by Crippen LogP contribution is -2.58. The van der Waals surface area contributed by atoms with Gasteiger partial charge in [-0.25, -0.2) is 14.8 Å². The summed E-state index contributed by atoms with van der Waals surface area (Å²) in [6.07, 6.45) is 9.48. The van der Waals surface area contributed by atoms with Crippen LogP contribution in [0, 0.1) is 0 Å². The summed E-state index contributed by atoms with van der Waals surface area (Å²) in [6.45, 7) is 0.318. The number of likely N-dealkylation sites (tertiary alicyclic amines) is 1. The normalized spacial score (nSPS) is 17.8. The molecule has 2 aromatic heterocycles. The number of aliphatic carboxylic acids is 1. The molecule has 4 atom stereocenters. The molecule has 1 saturated heterocycles. The summed E-state index contributed by atoms with van der Waals surface area (Å²) in [5.41, 5.74) is 7.32. The van der Waals surface area contributed by atoms with Crippen LogP contribution >= 0.6 is 11.8 Å². The van der Waals surface area contributed by atoms with Crippen molar-refractivity contribution in [1.82, 2.24) is 35.5 Å². The second kappa shape index (κ2) is 13.1. The molecule has 1 fully saturated rings. The van der Waals surface area contributed by atoms with Crippen LogP contribution in [0.5, 0.6) is 0 Å². The Morgan fingerprint density at radius 3 is 2.33 bits per heavy atom. The molecule has 3 amide bonds. The molecule has 14 heteroatoms. The summed E-state index contributed by atoms with van der Waals surface area (Å²) in [5.74, 6) is -2.04. The highest BCUT2D eigenvalue weighted by atomic mass is 32.2. The molecule has 0 aromatic carbocycles. The van der Waals surface area contributed by atoms with Gasteiger partial charge in [-0.05, 0) is 31.3 Å². The van der Waals surface area contributed by atoms with E-state index < -0.39 is 47.9 Å². The van der Waals surface area contributed by atoms with Crippen molar-refractivity contribution in [2.24, 2.45) is 5.73 Å². The van der Waals surface area contributed by atoms with Gasteiger partial charge in [0.15, 0.2) is 0 Å². The number of nitrogens with two attached hydrogens (primary N) is 1. The third kappa shape index (κ3) is 7.31. The quantitative estimate of drug-likeness (QED) is 0.192. The Kier molecular flexibility index (Phi) is 9.87. The SMILES string of the molecule is CSCCC(NC(=O)C(Cc1cnc[nH]1)NC(=O)C(N)Cc1cnc[nH]1)C(=O)N1CCCC1C(=O)O. The molecule has 1 aliphatic rings. The van der Waals surface area contributed by atoms with Crippen molar-refractivity contribution < 1.29 is 24.3 Å². The lowest BCUT2D eigenvalue weighted by molar-refractivity contribution is -0.149. The molecule has 0 radical (unpaired) electrons. The Bertz CT molecular complexity index is 1020. The summed E-state index contributed by atoms with van der Waals surface area (Å²) in [4.78, 5) is 66.0. The van der Waals surface area contributed by atoms with Gasteiger partial charge in [-0.3, -0.25) is 14.4 Å². The summed E-state index contributed by atoms with van der Waals surface area (Å²) >= 11 is 1.51. The molecule has 3 rings (SSSR count). The molecule has 0 aliphatic carbocycles. The zero-order valence-electron chi connectivity index (χ0n) is 20.0. The number of aromatic nitrogens is 4. The van der Waals surface area contributed by atoms with E-state index in [0.717, 1.165) is 0 Å². The van der Waals surface area contributed by atoms with Gasteiger partial charge in [-0.15, -0.1) is 0 Å². The number of hydrogen-bond acceptors (Lipinski definition) is 8. The number of carboxylic acid groups (broad SMARTS) is 1. The van der Waals surface area contributed by atoms with Gasteiger partial charge in [-0.1, -0.05) is 0 Å². The van der Waals surface area contributed by atoms with E-state index in [-0.39, 0.29) is 12.8 Å². The number of nitrogens with zero attached hydrogens (tertiary/aromatic N) is 3. The molecule has 2 aromatic rings. The zero-order valence-corrected chi connectivity index (χ0v) is 20.8. The maximum Gasteiger partial charge on any atom is 0.326 e. The first-order valence-corrected chi connectivity index (χ1v) is 13.0. The van der Waals surface area contributed by atoms with E-state index in [4.69, 9.17) is 5.73 Å². The molecule has 3 heterocycles. The molecule has 196 valence electrons. The van der Waals surface area contributed by atoms with Crippen LogP contribution in [0.1, 0.15) is 30.7 Å². The average Bonchev–Trinajstić information content (AvgIpc) is 3.63. The van der Waals surface area contributed by atoms with Gasteiger partial charge < -0.3 is 36.3 Å². The van der Waals surface area contributed by atoms with Crippen molar-refractivity contribution in [3.05, 3.63) is 36.4 Å². The standard InChI is InChI=1S/C22H32N8O5S/c1-36-6-4-16(21(33)30-5-2-3-18(30)22(34)35)28-20(32)17(8-14-10-25-12-27-14)29-19(31)15(23)7-13-9-24-11-26-13/h9-12,15-18H,2-8,23H2,1H3,(H,24,26)(H,25,27)(H,28,32)(H,29,31)(H,34,35). The number of thioether (sulfide) groups is 1. The minimum absolute atomic E-state index is 0.0965. The minimum atomic E-state index is -1.06. The summed E-state index contributed by atoms with van der Waals surface area (Å²) in [5, 5.41) is 14.9. The number of hydrogen-bond donors (Lipinski definition) is 6. The average molecular weight is 521 g/mol. The van der Waals surface area contributed by atoms with Crippen LogP contribution in [0.2, 0.25) is 0 Å². The van der Waals surface area contributed by atoms with E-state index in [0.29, 0.717) is 42.9 Å². The van der Waals surface area contributed by atoms with Crippen LogP contribution < -0.4 is 16.4 Å². The van der Waals surface area contributed by atoms with Gasteiger partial charge in [0.25, 0.3) is 0 Å². The van der Waals surface area contributed by atoms with Crippen LogP contribution in [0.3, 0.4) is 0 Å². The van der Waals surface area contributed by atoms with Crippen LogP contribution in [0.4, 0.5) is 0 Å². The van der Waals surface area contributed by atoms with Crippen LogP contribution in [-0.2, 0) is 32.0 Å². The van der Waals surface area contributed by atoms with Gasteiger partial charge >= 0.3 is 5.97 Å². The molecule has 0 spiro atoms. The van der Waals surface area contributed by atoms with E-state index in [1.54, 1.807) is 6.20 Å². The third-order valence-electron chi connectivity index (χ3n) is 5.99. The number of carbonyl (C=O) groups excluding carboxylic acids is 3. The fraction of sp³-hybridized carbons (Fsp3) is 0.545. The number of amides is 3. The number of H-pyrrole nitrogens is 2. The number of nitrogens with one attached hydrogen (secondary N) is 4. The second-order valence-electron chi connectivity index (χ2n) is 8.60. The Morgan fingerprint density at radius 2 is 1.75 bits per heavy atom. The highest BCUT2D eigenvalue weighted by Crippen LogP contribution is 2.20. The molecule has 36 heavy (non-hydrogen) atoms. The Hall–Kier alpha value is -3.39. The van der Waals surface area contributed by atoms with Gasteiger partial charge in [0, 0.05) is 43.2 Å². The predicted octanol–water partition coefficient (Wildman–Crippen LogP) is -0.956. The molecule has 13 nitrogen and oxygen atoms in total. The first kappa shape index (κ1) is 27.2. The van der Waals surface area contributed by atoms with Crippen molar-refractivity contribution in [1.29, 1.82) is 0 Å². The Labute approximate surface area is 212 Å². The summed E-state index contributed by atoms with van der Waals surface area (Å²) in [7, 11) is 0. The van der Waals surface area contributed by atoms with Crippen molar-refractivity contribution in [3.63, 3.8) is 0 Å². The highest BCUT2D eigenvalue weighted by molar-refractivity contribution is 7.98.